The second-order valence-electron chi connectivity index (χ2n) is 13.2. The molecule has 3 aromatic rings. The van der Waals surface area contributed by atoms with Gasteiger partial charge in [0.25, 0.3) is 0 Å². The molecule has 288 valence electrons. The average molecular weight is 739 g/mol. The van der Waals surface area contributed by atoms with Crippen LogP contribution in [0.2, 0.25) is 6.04 Å². The normalized spacial score (nSPS) is 13.8. The van der Waals surface area contributed by atoms with Gasteiger partial charge < -0.3 is 41.7 Å². The highest BCUT2D eigenvalue weighted by atomic mass is 28.4. The molecule has 0 aliphatic carbocycles. The topological polar surface area (TPSA) is 83.1 Å². The van der Waals surface area contributed by atoms with Crippen molar-refractivity contribution in [1.82, 2.24) is 0 Å². The summed E-state index contributed by atoms with van der Waals surface area (Å²) in [4.78, 5) is 0. The summed E-state index contributed by atoms with van der Waals surface area (Å²) >= 11 is 0. The molecule has 1 fully saturated rings. The Hall–Kier alpha value is -3.12. The van der Waals surface area contributed by atoms with Gasteiger partial charge in [0, 0.05) is 39.1 Å². The summed E-state index contributed by atoms with van der Waals surface area (Å²) < 4.78 is 52.5. The van der Waals surface area contributed by atoms with Crippen molar-refractivity contribution >= 4 is 8.80 Å². The summed E-state index contributed by atoms with van der Waals surface area (Å²) in [5.41, 5.74) is 2.41. The van der Waals surface area contributed by atoms with Crippen LogP contribution in [-0.4, -0.2) is 75.1 Å². The smallest absolute Gasteiger partial charge is 0.494 e. The van der Waals surface area contributed by atoms with Crippen LogP contribution in [0.5, 0.6) is 23.0 Å². The second kappa shape index (κ2) is 23.5. The van der Waals surface area contributed by atoms with Gasteiger partial charge in [-0.15, -0.1) is 0 Å². The third-order valence-electron chi connectivity index (χ3n) is 9.24. The van der Waals surface area contributed by atoms with E-state index >= 15 is 0 Å². The lowest BCUT2D eigenvalue weighted by Gasteiger charge is -2.40. The van der Waals surface area contributed by atoms with Gasteiger partial charge in [0.15, 0.2) is 0 Å². The fraction of sp³-hybridized carbons (Fsp3) is 0.571. The zero-order valence-electron chi connectivity index (χ0n) is 32.0. The van der Waals surface area contributed by atoms with Crippen LogP contribution >= 0.6 is 0 Å². The van der Waals surface area contributed by atoms with Gasteiger partial charge in [-0.05, 0) is 106 Å². The summed E-state index contributed by atoms with van der Waals surface area (Å²) in [7, 11) is -2.55. The van der Waals surface area contributed by atoms with Gasteiger partial charge in [0.1, 0.15) is 23.0 Å². The number of hydrogen-bond donors (Lipinski definition) is 0. The molecule has 1 heterocycles. The van der Waals surface area contributed by atoms with E-state index in [0.717, 1.165) is 98.9 Å². The molecule has 1 aliphatic rings. The van der Waals surface area contributed by atoms with Crippen molar-refractivity contribution in [1.29, 1.82) is 0 Å². The molecule has 0 amide bonds. The van der Waals surface area contributed by atoms with Crippen molar-refractivity contribution in [2.24, 2.45) is 5.41 Å². The number of unbranched alkanes of at least 4 members (excludes halogenated alkanes) is 5. The highest BCUT2D eigenvalue weighted by Gasteiger charge is 2.39. The maximum Gasteiger partial charge on any atom is 0.501 e. The van der Waals surface area contributed by atoms with E-state index in [2.05, 4.69) is 31.2 Å². The first-order chi connectivity index (χ1) is 25.5. The average Bonchev–Trinajstić information content (AvgIpc) is 3.15. The molecule has 0 bridgehead atoms. The predicted octanol–water partition coefficient (Wildman–Crippen LogP) is 9.75. The van der Waals surface area contributed by atoms with E-state index in [1.807, 2.05) is 69.3 Å². The molecule has 1 aliphatic heterocycles. The van der Waals surface area contributed by atoms with E-state index in [4.69, 9.17) is 41.7 Å². The molecule has 0 radical (unpaired) electrons. The Kier molecular flexibility index (Phi) is 18.8. The van der Waals surface area contributed by atoms with E-state index in [-0.39, 0.29) is 12.2 Å². The Labute approximate surface area is 313 Å². The second-order valence-corrected chi connectivity index (χ2v) is 16.0. The minimum absolute atomic E-state index is 0.125. The molecule has 0 saturated carbocycles. The SMILES string of the molecule is CCO[Si](CCCOCCCCCCCCOc1ccc(-c2ccc(OCOc3ccc(OCC4(CC)COC4)cc3)cc2)cc1)(OCC)OCC. The van der Waals surface area contributed by atoms with Crippen molar-refractivity contribution in [2.75, 3.05) is 66.3 Å². The lowest BCUT2D eigenvalue weighted by molar-refractivity contribution is -0.133. The van der Waals surface area contributed by atoms with Crippen LogP contribution in [0.3, 0.4) is 0 Å². The van der Waals surface area contributed by atoms with Crippen molar-refractivity contribution in [2.45, 2.75) is 85.1 Å². The largest absolute Gasteiger partial charge is 0.501 e. The van der Waals surface area contributed by atoms with Crippen LogP contribution in [0.4, 0.5) is 0 Å². The predicted molar refractivity (Wildman–Crippen MR) is 208 cm³/mol. The minimum Gasteiger partial charge on any atom is -0.494 e. The summed E-state index contributed by atoms with van der Waals surface area (Å²) in [5.74, 6) is 3.22. The molecule has 0 spiro atoms. The molecule has 0 N–H and O–H groups in total. The monoisotopic (exact) mass is 738 g/mol. The molecular weight excluding hydrogens is 677 g/mol. The molecule has 3 aromatic carbocycles. The Morgan fingerprint density at radius 2 is 0.962 bits per heavy atom. The van der Waals surface area contributed by atoms with E-state index in [1.165, 1.54) is 25.7 Å². The van der Waals surface area contributed by atoms with Crippen molar-refractivity contribution in [3.05, 3.63) is 72.8 Å². The molecule has 1 saturated heterocycles. The highest BCUT2D eigenvalue weighted by Crippen LogP contribution is 2.32. The van der Waals surface area contributed by atoms with Crippen LogP contribution in [0, 0.1) is 5.41 Å². The Balaban J connectivity index is 1.00. The van der Waals surface area contributed by atoms with E-state index in [1.54, 1.807) is 0 Å². The van der Waals surface area contributed by atoms with E-state index < -0.39 is 8.80 Å². The van der Waals surface area contributed by atoms with Crippen LogP contribution in [-0.2, 0) is 22.8 Å². The summed E-state index contributed by atoms with van der Waals surface area (Å²) in [6.07, 6.45) is 8.93. The molecule has 4 rings (SSSR count). The molecule has 0 atom stereocenters. The molecular formula is C42H62O9Si. The molecule has 10 heteroatoms. The molecule has 52 heavy (non-hydrogen) atoms. The maximum atomic E-state index is 6.00. The van der Waals surface area contributed by atoms with Crippen molar-refractivity contribution in [3.8, 4) is 34.1 Å². The van der Waals surface area contributed by atoms with Gasteiger partial charge >= 0.3 is 8.80 Å². The third kappa shape index (κ3) is 14.4. The first-order valence-corrected chi connectivity index (χ1v) is 21.3. The van der Waals surface area contributed by atoms with E-state index in [0.29, 0.717) is 26.4 Å². The third-order valence-corrected chi connectivity index (χ3v) is 12.4. The van der Waals surface area contributed by atoms with Crippen LogP contribution in [0.25, 0.3) is 11.1 Å². The number of hydrogen-bond acceptors (Lipinski definition) is 9. The van der Waals surface area contributed by atoms with Crippen LogP contribution in [0.15, 0.2) is 72.8 Å². The Morgan fingerprint density at radius 1 is 0.519 bits per heavy atom. The van der Waals surface area contributed by atoms with Gasteiger partial charge in [-0.3, -0.25) is 0 Å². The summed E-state index contributed by atoms with van der Waals surface area (Å²) in [6.45, 7) is 14.6. The fourth-order valence-corrected chi connectivity index (χ4v) is 8.58. The number of ether oxygens (including phenoxy) is 6. The lowest BCUT2D eigenvalue weighted by Crippen LogP contribution is -2.46. The maximum absolute atomic E-state index is 6.00. The van der Waals surface area contributed by atoms with Crippen molar-refractivity contribution < 1.29 is 41.7 Å². The Bertz CT molecular complexity index is 1320. The first-order valence-electron chi connectivity index (χ1n) is 19.4. The van der Waals surface area contributed by atoms with Gasteiger partial charge in [0.05, 0.1) is 31.8 Å². The number of benzene rings is 3. The molecule has 0 unspecified atom stereocenters. The zero-order valence-corrected chi connectivity index (χ0v) is 33.0. The lowest BCUT2D eigenvalue weighted by atomic mass is 9.84. The summed E-state index contributed by atoms with van der Waals surface area (Å²) in [5, 5.41) is 0. The van der Waals surface area contributed by atoms with Crippen LogP contribution in [0.1, 0.15) is 79.1 Å². The highest BCUT2D eigenvalue weighted by molar-refractivity contribution is 6.60. The van der Waals surface area contributed by atoms with Gasteiger partial charge in [0.2, 0.25) is 6.79 Å². The number of rotatable bonds is 29. The first kappa shape index (κ1) is 41.6. The van der Waals surface area contributed by atoms with Gasteiger partial charge in [-0.1, -0.05) is 56.9 Å². The summed E-state index contributed by atoms with van der Waals surface area (Å²) in [6, 6.07) is 24.8. The molecule has 0 aromatic heterocycles. The van der Waals surface area contributed by atoms with Gasteiger partial charge in [-0.25, -0.2) is 0 Å². The minimum atomic E-state index is -2.55. The quantitative estimate of drug-likeness (QED) is 0.0393. The van der Waals surface area contributed by atoms with Crippen molar-refractivity contribution in [3.63, 3.8) is 0 Å². The fourth-order valence-electron chi connectivity index (χ4n) is 6.00. The van der Waals surface area contributed by atoms with Crippen LogP contribution < -0.4 is 18.9 Å². The molecule has 9 nitrogen and oxygen atoms in total. The van der Waals surface area contributed by atoms with E-state index in [9.17, 15) is 0 Å². The zero-order chi connectivity index (χ0) is 36.7. The Morgan fingerprint density at radius 3 is 1.44 bits per heavy atom. The van der Waals surface area contributed by atoms with Gasteiger partial charge in [-0.2, -0.15) is 0 Å². The standard InChI is InChI=1S/C42H62O9Si/c1-5-42(32-44-33-42)34-46-39-24-26-41(27-25-39)48-35-47-40-22-18-37(19-23-40)36-16-20-38(21-17-36)45-30-14-12-10-9-11-13-28-43-29-15-31-52(49-6-2,50-7-3)51-8-4/h16-27H,5-15,28-35H2,1-4H3.